The lowest BCUT2D eigenvalue weighted by atomic mass is 10.2. The second-order valence-electron chi connectivity index (χ2n) is 7.35. The van der Waals surface area contributed by atoms with Gasteiger partial charge in [0.15, 0.2) is 5.82 Å². The summed E-state index contributed by atoms with van der Waals surface area (Å²) in [6, 6.07) is 5.54. The van der Waals surface area contributed by atoms with Gasteiger partial charge in [-0.3, -0.25) is 0 Å². The van der Waals surface area contributed by atoms with E-state index in [1.54, 1.807) is 6.92 Å². The SMILES string of the molecule is CCOc1ccc(N2CCN(c3cc(C)c(S(=O)(=O)N(C)CCCO)cn3)CC2)nn1. The zero-order valence-electron chi connectivity index (χ0n) is 18.2. The molecular weight excluding hydrogens is 420 g/mol. The highest BCUT2D eigenvalue weighted by Gasteiger charge is 2.25. The van der Waals surface area contributed by atoms with Crippen LogP contribution in [-0.2, 0) is 10.0 Å². The molecule has 0 unspecified atom stereocenters. The summed E-state index contributed by atoms with van der Waals surface area (Å²) in [7, 11) is -2.12. The lowest BCUT2D eigenvalue weighted by Gasteiger charge is -2.36. The van der Waals surface area contributed by atoms with Gasteiger partial charge in [0.25, 0.3) is 0 Å². The van der Waals surface area contributed by atoms with E-state index in [2.05, 4.69) is 25.0 Å². The van der Waals surface area contributed by atoms with Gasteiger partial charge in [-0.1, -0.05) is 0 Å². The Hall–Kier alpha value is -2.50. The second-order valence-corrected chi connectivity index (χ2v) is 9.36. The zero-order chi connectivity index (χ0) is 22.4. The summed E-state index contributed by atoms with van der Waals surface area (Å²) in [4.78, 5) is 8.91. The molecule has 0 radical (unpaired) electrons. The molecule has 0 bridgehead atoms. The molecular formula is C20H30N6O4S. The average Bonchev–Trinajstić information content (AvgIpc) is 2.78. The molecule has 1 N–H and O–H groups in total. The van der Waals surface area contributed by atoms with Crippen molar-refractivity contribution in [2.24, 2.45) is 0 Å². The Balaban J connectivity index is 1.65. The van der Waals surface area contributed by atoms with Gasteiger partial charge in [0.1, 0.15) is 10.7 Å². The maximum absolute atomic E-state index is 12.8. The third kappa shape index (κ3) is 5.41. The van der Waals surface area contributed by atoms with Crippen molar-refractivity contribution in [3.8, 4) is 5.88 Å². The van der Waals surface area contributed by atoms with Crippen LogP contribution in [0.4, 0.5) is 11.6 Å². The van der Waals surface area contributed by atoms with E-state index in [0.717, 1.165) is 37.8 Å². The number of aliphatic hydroxyl groups excluding tert-OH is 1. The van der Waals surface area contributed by atoms with Gasteiger partial charge < -0.3 is 19.6 Å². The van der Waals surface area contributed by atoms with Gasteiger partial charge in [-0.25, -0.2) is 17.7 Å². The molecule has 170 valence electrons. The van der Waals surface area contributed by atoms with Gasteiger partial charge in [0.05, 0.1) is 6.61 Å². The largest absolute Gasteiger partial charge is 0.477 e. The minimum absolute atomic E-state index is 0.0513. The molecule has 11 heteroatoms. The van der Waals surface area contributed by atoms with Crippen LogP contribution in [0.3, 0.4) is 0 Å². The second kappa shape index (κ2) is 10.2. The number of pyridine rings is 1. The normalized spacial score (nSPS) is 14.9. The fraction of sp³-hybridized carbons (Fsp3) is 0.550. The highest BCUT2D eigenvalue weighted by Crippen LogP contribution is 2.24. The van der Waals surface area contributed by atoms with Crippen LogP contribution < -0.4 is 14.5 Å². The molecule has 3 heterocycles. The molecule has 0 amide bonds. The molecule has 2 aromatic heterocycles. The molecule has 1 fully saturated rings. The highest BCUT2D eigenvalue weighted by molar-refractivity contribution is 7.89. The predicted molar refractivity (Wildman–Crippen MR) is 118 cm³/mol. The average molecular weight is 451 g/mol. The summed E-state index contributed by atoms with van der Waals surface area (Å²) in [6.45, 7) is 7.44. The number of rotatable bonds is 9. The van der Waals surface area contributed by atoms with E-state index in [1.165, 1.54) is 17.5 Å². The van der Waals surface area contributed by atoms with Crippen LogP contribution in [0.25, 0.3) is 0 Å². The van der Waals surface area contributed by atoms with Crippen LogP contribution in [0.5, 0.6) is 5.88 Å². The number of aryl methyl sites for hydroxylation is 1. The first kappa shape index (κ1) is 23.2. The summed E-state index contributed by atoms with van der Waals surface area (Å²) in [6.07, 6.45) is 1.82. The van der Waals surface area contributed by atoms with E-state index in [4.69, 9.17) is 9.84 Å². The first-order valence-electron chi connectivity index (χ1n) is 10.4. The molecule has 0 aliphatic carbocycles. The summed E-state index contributed by atoms with van der Waals surface area (Å²) < 4.78 is 32.1. The van der Waals surface area contributed by atoms with E-state index in [0.29, 0.717) is 24.5 Å². The van der Waals surface area contributed by atoms with Crippen LogP contribution in [0, 0.1) is 6.92 Å². The van der Waals surface area contributed by atoms with Crippen molar-refractivity contribution in [2.45, 2.75) is 25.2 Å². The van der Waals surface area contributed by atoms with E-state index in [9.17, 15) is 8.42 Å². The maximum atomic E-state index is 12.8. The highest BCUT2D eigenvalue weighted by atomic mass is 32.2. The third-order valence-electron chi connectivity index (χ3n) is 5.21. The molecule has 1 aliphatic heterocycles. The van der Waals surface area contributed by atoms with Crippen molar-refractivity contribution in [1.29, 1.82) is 0 Å². The maximum Gasteiger partial charge on any atom is 0.244 e. The van der Waals surface area contributed by atoms with Gasteiger partial charge in [0, 0.05) is 58.6 Å². The van der Waals surface area contributed by atoms with E-state index < -0.39 is 10.0 Å². The van der Waals surface area contributed by atoms with Crippen LogP contribution >= 0.6 is 0 Å². The van der Waals surface area contributed by atoms with Crippen LogP contribution in [0.1, 0.15) is 18.9 Å². The zero-order valence-corrected chi connectivity index (χ0v) is 19.0. The third-order valence-corrected chi connectivity index (χ3v) is 7.20. The number of piperazine rings is 1. The number of anilines is 2. The summed E-state index contributed by atoms with van der Waals surface area (Å²) >= 11 is 0. The van der Waals surface area contributed by atoms with Crippen molar-refractivity contribution in [1.82, 2.24) is 19.5 Å². The first-order valence-corrected chi connectivity index (χ1v) is 11.8. The standard InChI is InChI=1S/C20H30N6O4S/c1-4-30-20-7-6-18(22-23-20)25-9-11-26(12-10-25)19-14-16(2)17(15-21-19)31(28,29)24(3)8-5-13-27/h6-7,14-15,27H,4-5,8-13H2,1-3H3. The number of aliphatic hydroxyl groups is 1. The molecule has 1 aliphatic rings. The molecule has 2 aromatic rings. The number of hydrogen-bond acceptors (Lipinski definition) is 9. The van der Waals surface area contributed by atoms with Crippen molar-refractivity contribution in [3.63, 3.8) is 0 Å². The molecule has 0 aromatic carbocycles. The molecule has 0 atom stereocenters. The molecule has 3 rings (SSSR count). The van der Waals surface area contributed by atoms with Crippen molar-refractivity contribution in [3.05, 3.63) is 30.0 Å². The lowest BCUT2D eigenvalue weighted by Crippen LogP contribution is -2.47. The number of sulfonamides is 1. The topological polar surface area (TPSA) is 112 Å². The monoisotopic (exact) mass is 450 g/mol. The van der Waals surface area contributed by atoms with Crippen LogP contribution in [0.2, 0.25) is 0 Å². The Kier molecular flexibility index (Phi) is 7.63. The van der Waals surface area contributed by atoms with E-state index in [-0.39, 0.29) is 18.0 Å². The fourth-order valence-electron chi connectivity index (χ4n) is 3.42. The minimum Gasteiger partial charge on any atom is -0.477 e. The summed E-state index contributed by atoms with van der Waals surface area (Å²) in [5.74, 6) is 2.08. The Morgan fingerprint density at radius 1 is 1.13 bits per heavy atom. The number of hydrogen-bond donors (Lipinski definition) is 1. The van der Waals surface area contributed by atoms with Crippen molar-refractivity contribution >= 4 is 21.7 Å². The number of nitrogens with zero attached hydrogens (tertiary/aromatic N) is 6. The predicted octanol–water partition coefficient (Wildman–Crippen LogP) is 0.908. The smallest absolute Gasteiger partial charge is 0.244 e. The van der Waals surface area contributed by atoms with Gasteiger partial charge in [-0.2, -0.15) is 0 Å². The van der Waals surface area contributed by atoms with Gasteiger partial charge in [-0.05, 0) is 38.0 Å². The Bertz CT molecular complexity index is 962. The number of aromatic nitrogens is 3. The molecule has 0 saturated carbocycles. The van der Waals surface area contributed by atoms with E-state index >= 15 is 0 Å². The Morgan fingerprint density at radius 3 is 2.35 bits per heavy atom. The molecule has 10 nitrogen and oxygen atoms in total. The Labute approximate surface area is 183 Å². The van der Waals surface area contributed by atoms with Gasteiger partial charge in [0.2, 0.25) is 15.9 Å². The fourth-order valence-corrected chi connectivity index (χ4v) is 4.78. The van der Waals surface area contributed by atoms with Crippen molar-refractivity contribution < 1.29 is 18.3 Å². The Morgan fingerprint density at radius 2 is 1.81 bits per heavy atom. The van der Waals surface area contributed by atoms with Gasteiger partial charge >= 0.3 is 0 Å². The quantitative estimate of drug-likeness (QED) is 0.596. The molecule has 31 heavy (non-hydrogen) atoms. The summed E-state index contributed by atoms with van der Waals surface area (Å²) in [5, 5.41) is 17.3. The lowest BCUT2D eigenvalue weighted by molar-refractivity contribution is 0.275. The first-order chi connectivity index (χ1) is 14.9. The molecule has 0 spiro atoms. The van der Waals surface area contributed by atoms with E-state index in [1.807, 2.05) is 25.1 Å². The van der Waals surface area contributed by atoms with Gasteiger partial charge in [-0.15, -0.1) is 10.2 Å². The van der Waals surface area contributed by atoms with Crippen LogP contribution in [0.15, 0.2) is 29.3 Å². The van der Waals surface area contributed by atoms with Crippen molar-refractivity contribution in [2.75, 3.05) is 62.8 Å². The van der Waals surface area contributed by atoms with Crippen LogP contribution in [-0.4, -0.2) is 86.0 Å². The minimum atomic E-state index is -3.63. The molecule has 1 saturated heterocycles. The summed E-state index contributed by atoms with van der Waals surface area (Å²) in [5.41, 5.74) is 0.653. The number of ether oxygens (including phenoxy) is 1.